The molecule has 3 aliphatic rings. The molecule has 140 valence electrons. The Morgan fingerprint density at radius 3 is 2.50 bits per heavy atom. The molecular formula is C19H27N5O2. The SMILES string of the molecule is O=C(NC1CC1)N1CCCC(C(=O)N2CCN(c3ccccn3)CC2)C1. The van der Waals surface area contributed by atoms with Gasteiger partial charge >= 0.3 is 6.03 Å². The van der Waals surface area contributed by atoms with Crippen LogP contribution in [0.3, 0.4) is 0 Å². The highest BCUT2D eigenvalue weighted by Crippen LogP contribution is 2.23. The first kappa shape index (κ1) is 17.1. The van der Waals surface area contributed by atoms with E-state index in [-0.39, 0.29) is 17.9 Å². The zero-order valence-corrected chi connectivity index (χ0v) is 15.1. The minimum atomic E-state index is -0.0601. The number of carbonyl (C=O) groups is 2. The second kappa shape index (κ2) is 7.51. The van der Waals surface area contributed by atoms with E-state index in [1.54, 1.807) is 6.20 Å². The van der Waals surface area contributed by atoms with Gasteiger partial charge in [-0.05, 0) is 37.8 Å². The standard InChI is InChI=1S/C19H27N5O2/c25-18(15-4-3-9-24(14-15)19(26)21-16-6-7-16)23-12-10-22(11-13-23)17-5-1-2-8-20-17/h1-2,5,8,15-16H,3-4,6-7,9-14H2,(H,21,26). The molecule has 4 rings (SSSR count). The van der Waals surface area contributed by atoms with E-state index in [0.29, 0.717) is 12.6 Å². The van der Waals surface area contributed by atoms with Crippen LogP contribution >= 0.6 is 0 Å². The van der Waals surface area contributed by atoms with E-state index in [9.17, 15) is 9.59 Å². The highest BCUT2D eigenvalue weighted by atomic mass is 16.2. The predicted molar refractivity (Wildman–Crippen MR) is 98.9 cm³/mol. The maximum Gasteiger partial charge on any atom is 0.317 e. The van der Waals surface area contributed by atoms with Gasteiger partial charge in [0.1, 0.15) is 5.82 Å². The minimum Gasteiger partial charge on any atom is -0.353 e. The number of hydrogen-bond donors (Lipinski definition) is 1. The van der Waals surface area contributed by atoms with Gasteiger partial charge in [-0.1, -0.05) is 6.07 Å². The van der Waals surface area contributed by atoms with E-state index in [0.717, 1.165) is 64.2 Å². The molecule has 0 spiro atoms. The van der Waals surface area contributed by atoms with Gasteiger partial charge in [-0.15, -0.1) is 0 Å². The molecule has 1 saturated carbocycles. The van der Waals surface area contributed by atoms with E-state index in [4.69, 9.17) is 0 Å². The molecule has 3 heterocycles. The van der Waals surface area contributed by atoms with Gasteiger partial charge in [0.15, 0.2) is 0 Å². The fourth-order valence-electron chi connectivity index (χ4n) is 3.81. The van der Waals surface area contributed by atoms with Crippen LogP contribution < -0.4 is 10.2 Å². The Morgan fingerprint density at radius 2 is 1.81 bits per heavy atom. The topological polar surface area (TPSA) is 68.8 Å². The number of likely N-dealkylation sites (tertiary alicyclic amines) is 1. The Morgan fingerprint density at radius 1 is 1.00 bits per heavy atom. The zero-order chi connectivity index (χ0) is 17.9. The Hall–Kier alpha value is -2.31. The predicted octanol–water partition coefficient (Wildman–Crippen LogP) is 1.31. The molecule has 7 nitrogen and oxygen atoms in total. The lowest BCUT2D eigenvalue weighted by Crippen LogP contribution is -2.54. The number of piperidine rings is 1. The summed E-state index contributed by atoms with van der Waals surface area (Å²) in [6.07, 6.45) is 5.76. The molecule has 1 unspecified atom stereocenters. The van der Waals surface area contributed by atoms with Crippen molar-refractivity contribution in [1.29, 1.82) is 0 Å². The molecular weight excluding hydrogens is 330 g/mol. The summed E-state index contributed by atoms with van der Waals surface area (Å²) in [5.74, 6) is 1.12. The van der Waals surface area contributed by atoms with Gasteiger partial charge in [-0.2, -0.15) is 0 Å². The summed E-state index contributed by atoms with van der Waals surface area (Å²) in [5, 5.41) is 3.04. The summed E-state index contributed by atoms with van der Waals surface area (Å²) in [6.45, 7) is 4.37. The van der Waals surface area contributed by atoms with Crippen LogP contribution in [-0.4, -0.2) is 72.0 Å². The van der Waals surface area contributed by atoms with Gasteiger partial charge in [0, 0.05) is 51.5 Å². The van der Waals surface area contributed by atoms with Gasteiger partial charge in [-0.25, -0.2) is 9.78 Å². The first-order valence-corrected chi connectivity index (χ1v) is 9.71. The van der Waals surface area contributed by atoms with E-state index >= 15 is 0 Å². The van der Waals surface area contributed by atoms with E-state index in [1.807, 2.05) is 28.0 Å². The Kier molecular flexibility index (Phi) is 4.95. The lowest BCUT2D eigenvalue weighted by molar-refractivity contribution is -0.137. The number of anilines is 1. The van der Waals surface area contributed by atoms with Crippen molar-refractivity contribution >= 4 is 17.8 Å². The Bertz CT molecular complexity index is 641. The molecule has 7 heteroatoms. The first-order chi connectivity index (χ1) is 12.7. The molecule has 1 N–H and O–H groups in total. The van der Waals surface area contributed by atoms with Crippen LogP contribution in [0.15, 0.2) is 24.4 Å². The lowest BCUT2D eigenvalue weighted by Gasteiger charge is -2.39. The average Bonchev–Trinajstić information content (AvgIpc) is 3.52. The fraction of sp³-hybridized carbons (Fsp3) is 0.632. The van der Waals surface area contributed by atoms with Crippen molar-refractivity contribution in [2.75, 3.05) is 44.2 Å². The molecule has 1 aromatic rings. The quantitative estimate of drug-likeness (QED) is 0.886. The number of rotatable bonds is 3. The molecule has 26 heavy (non-hydrogen) atoms. The molecule has 0 radical (unpaired) electrons. The average molecular weight is 357 g/mol. The summed E-state index contributed by atoms with van der Waals surface area (Å²) < 4.78 is 0. The molecule has 0 aromatic carbocycles. The molecule has 2 aliphatic heterocycles. The molecule has 0 bridgehead atoms. The third-order valence-corrected chi connectivity index (χ3v) is 5.53. The van der Waals surface area contributed by atoms with Crippen LogP contribution in [0.5, 0.6) is 0 Å². The van der Waals surface area contributed by atoms with Crippen molar-refractivity contribution in [3.63, 3.8) is 0 Å². The summed E-state index contributed by atoms with van der Waals surface area (Å²) in [7, 11) is 0. The fourth-order valence-corrected chi connectivity index (χ4v) is 3.81. The van der Waals surface area contributed by atoms with Crippen molar-refractivity contribution in [3.8, 4) is 0 Å². The number of carbonyl (C=O) groups excluding carboxylic acids is 2. The van der Waals surface area contributed by atoms with E-state index in [1.165, 1.54) is 0 Å². The Labute approximate surface area is 154 Å². The van der Waals surface area contributed by atoms with Crippen LogP contribution in [0.1, 0.15) is 25.7 Å². The number of hydrogen-bond acceptors (Lipinski definition) is 4. The number of nitrogens with one attached hydrogen (secondary N) is 1. The summed E-state index contributed by atoms with van der Waals surface area (Å²) in [4.78, 5) is 35.6. The second-order valence-electron chi connectivity index (χ2n) is 7.51. The van der Waals surface area contributed by atoms with Gasteiger partial charge < -0.3 is 20.0 Å². The van der Waals surface area contributed by atoms with Crippen molar-refractivity contribution in [1.82, 2.24) is 20.1 Å². The number of amides is 3. The highest BCUT2D eigenvalue weighted by Gasteiger charge is 2.34. The number of piperazine rings is 1. The Balaban J connectivity index is 1.29. The largest absolute Gasteiger partial charge is 0.353 e. The molecule has 1 atom stereocenters. The molecule has 1 aliphatic carbocycles. The van der Waals surface area contributed by atoms with Gasteiger partial charge in [0.25, 0.3) is 0 Å². The van der Waals surface area contributed by atoms with Crippen molar-refractivity contribution in [2.24, 2.45) is 5.92 Å². The minimum absolute atomic E-state index is 0.00460. The second-order valence-corrected chi connectivity index (χ2v) is 7.51. The maximum absolute atomic E-state index is 12.9. The maximum atomic E-state index is 12.9. The van der Waals surface area contributed by atoms with Crippen LogP contribution in [0.2, 0.25) is 0 Å². The van der Waals surface area contributed by atoms with E-state index in [2.05, 4.69) is 15.2 Å². The summed E-state index contributed by atoms with van der Waals surface area (Å²) in [6, 6.07) is 6.28. The summed E-state index contributed by atoms with van der Waals surface area (Å²) in [5.41, 5.74) is 0. The third-order valence-electron chi connectivity index (χ3n) is 5.53. The van der Waals surface area contributed by atoms with Crippen LogP contribution in [-0.2, 0) is 4.79 Å². The molecule has 1 aromatic heterocycles. The number of nitrogens with zero attached hydrogens (tertiary/aromatic N) is 4. The lowest BCUT2D eigenvalue weighted by atomic mass is 9.96. The zero-order valence-electron chi connectivity index (χ0n) is 15.1. The number of aromatic nitrogens is 1. The summed E-state index contributed by atoms with van der Waals surface area (Å²) >= 11 is 0. The van der Waals surface area contributed by atoms with Crippen LogP contribution in [0.4, 0.5) is 10.6 Å². The van der Waals surface area contributed by atoms with Gasteiger partial charge in [0.2, 0.25) is 5.91 Å². The first-order valence-electron chi connectivity index (χ1n) is 9.71. The van der Waals surface area contributed by atoms with Crippen molar-refractivity contribution in [2.45, 2.75) is 31.7 Å². The van der Waals surface area contributed by atoms with Gasteiger partial charge in [-0.3, -0.25) is 4.79 Å². The normalized spacial score (nSPS) is 23.7. The molecule has 3 fully saturated rings. The molecule has 3 amide bonds. The highest BCUT2D eigenvalue weighted by molar-refractivity contribution is 5.81. The van der Waals surface area contributed by atoms with Crippen molar-refractivity contribution in [3.05, 3.63) is 24.4 Å². The van der Waals surface area contributed by atoms with Crippen molar-refractivity contribution < 1.29 is 9.59 Å². The van der Waals surface area contributed by atoms with Crippen LogP contribution in [0, 0.1) is 5.92 Å². The van der Waals surface area contributed by atoms with Crippen LogP contribution in [0.25, 0.3) is 0 Å². The molecule has 2 saturated heterocycles. The number of urea groups is 1. The van der Waals surface area contributed by atoms with E-state index < -0.39 is 0 Å². The third kappa shape index (κ3) is 3.92. The smallest absolute Gasteiger partial charge is 0.317 e. The number of pyridine rings is 1. The monoisotopic (exact) mass is 357 g/mol. The van der Waals surface area contributed by atoms with Gasteiger partial charge in [0.05, 0.1) is 5.92 Å².